The fourth-order valence-electron chi connectivity index (χ4n) is 3.49. The Kier molecular flexibility index (Phi) is 5.29. The zero-order chi connectivity index (χ0) is 20.2. The summed E-state index contributed by atoms with van der Waals surface area (Å²) in [4.78, 5) is 26.9. The standard InChI is InChI=1S/C24H21NO4/c1-28-24(27)19-12-7-11-18(14-19)23(26)25-15-20-10-5-6-13-21(20)29-22(16-25)17-8-3-2-4-9-17/h2-14,22H,15-16H2,1H3/t22-/m1/s1. The van der Waals surface area contributed by atoms with E-state index in [0.717, 1.165) is 16.9 Å². The van der Waals surface area contributed by atoms with Crippen LogP contribution in [0.2, 0.25) is 0 Å². The second kappa shape index (κ2) is 8.19. The summed E-state index contributed by atoms with van der Waals surface area (Å²) < 4.78 is 11.0. The molecule has 0 bridgehead atoms. The highest BCUT2D eigenvalue weighted by molar-refractivity contribution is 5.98. The molecular formula is C24H21NO4. The first-order valence-corrected chi connectivity index (χ1v) is 9.43. The molecule has 0 N–H and O–H groups in total. The van der Waals surface area contributed by atoms with Gasteiger partial charge >= 0.3 is 5.97 Å². The third-order valence-corrected chi connectivity index (χ3v) is 4.98. The number of amides is 1. The van der Waals surface area contributed by atoms with Crippen LogP contribution in [0.5, 0.6) is 5.75 Å². The number of esters is 1. The van der Waals surface area contributed by atoms with Crippen LogP contribution in [-0.4, -0.2) is 30.4 Å². The molecule has 0 unspecified atom stereocenters. The quantitative estimate of drug-likeness (QED) is 0.631. The highest BCUT2D eigenvalue weighted by Gasteiger charge is 2.28. The van der Waals surface area contributed by atoms with Crippen LogP contribution in [0.25, 0.3) is 0 Å². The number of nitrogens with zero attached hydrogens (tertiary/aromatic N) is 1. The Labute approximate surface area is 169 Å². The van der Waals surface area contributed by atoms with Gasteiger partial charge in [-0.15, -0.1) is 0 Å². The predicted octanol–water partition coefficient (Wildman–Crippen LogP) is 4.25. The zero-order valence-electron chi connectivity index (χ0n) is 16.1. The van der Waals surface area contributed by atoms with E-state index in [1.807, 2.05) is 54.6 Å². The summed E-state index contributed by atoms with van der Waals surface area (Å²) in [5.41, 5.74) is 2.75. The molecule has 5 nitrogen and oxygen atoms in total. The molecule has 0 spiro atoms. The van der Waals surface area contributed by atoms with Crippen molar-refractivity contribution in [2.24, 2.45) is 0 Å². The minimum absolute atomic E-state index is 0.156. The van der Waals surface area contributed by atoms with Crippen molar-refractivity contribution in [2.75, 3.05) is 13.7 Å². The maximum atomic E-state index is 13.3. The van der Waals surface area contributed by atoms with Crippen LogP contribution in [0.15, 0.2) is 78.9 Å². The molecule has 1 heterocycles. The van der Waals surface area contributed by atoms with Gasteiger partial charge in [-0.05, 0) is 29.8 Å². The average molecular weight is 387 g/mol. The summed E-state index contributed by atoms with van der Waals surface area (Å²) >= 11 is 0. The molecule has 3 aromatic rings. The van der Waals surface area contributed by atoms with E-state index in [-0.39, 0.29) is 12.0 Å². The summed E-state index contributed by atoms with van der Waals surface area (Å²) in [6.07, 6.45) is -0.285. The molecule has 29 heavy (non-hydrogen) atoms. The van der Waals surface area contributed by atoms with Crippen molar-refractivity contribution in [2.45, 2.75) is 12.6 Å². The lowest BCUT2D eigenvalue weighted by molar-refractivity contribution is 0.0600. The van der Waals surface area contributed by atoms with Gasteiger partial charge in [0.1, 0.15) is 11.9 Å². The highest BCUT2D eigenvalue weighted by atomic mass is 16.5. The van der Waals surface area contributed by atoms with Crippen LogP contribution in [0.4, 0.5) is 0 Å². The molecule has 3 aromatic carbocycles. The molecule has 0 fully saturated rings. The number of benzene rings is 3. The van der Waals surface area contributed by atoms with Crippen molar-refractivity contribution < 1.29 is 19.1 Å². The molecule has 5 heteroatoms. The van der Waals surface area contributed by atoms with Gasteiger partial charge in [-0.1, -0.05) is 54.6 Å². The van der Waals surface area contributed by atoms with Gasteiger partial charge < -0.3 is 14.4 Å². The van der Waals surface area contributed by atoms with Gasteiger partial charge in [-0.3, -0.25) is 4.79 Å². The van der Waals surface area contributed by atoms with Gasteiger partial charge in [0.05, 0.1) is 19.2 Å². The summed E-state index contributed by atoms with van der Waals surface area (Å²) in [7, 11) is 1.32. The first-order chi connectivity index (χ1) is 14.2. The van der Waals surface area contributed by atoms with Gasteiger partial charge in [0.15, 0.2) is 0 Å². The predicted molar refractivity (Wildman–Crippen MR) is 109 cm³/mol. The molecule has 1 amide bonds. The molecule has 4 rings (SSSR count). The smallest absolute Gasteiger partial charge is 0.337 e. The monoisotopic (exact) mass is 387 g/mol. The topological polar surface area (TPSA) is 55.8 Å². The van der Waals surface area contributed by atoms with Crippen LogP contribution >= 0.6 is 0 Å². The van der Waals surface area contributed by atoms with Crippen molar-refractivity contribution in [1.29, 1.82) is 0 Å². The normalized spacial score (nSPS) is 15.6. The van der Waals surface area contributed by atoms with Crippen LogP contribution in [0, 0.1) is 0 Å². The molecule has 0 aromatic heterocycles. The third-order valence-electron chi connectivity index (χ3n) is 4.98. The van der Waals surface area contributed by atoms with Crippen LogP contribution < -0.4 is 4.74 Å². The van der Waals surface area contributed by atoms with E-state index in [4.69, 9.17) is 9.47 Å². The summed E-state index contributed by atoms with van der Waals surface area (Å²) in [5, 5.41) is 0. The number of rotatable bonds is 3. The van der Waals surface area contributed by atoms with E-state index in [9.17, 15) is 9.59 Å². The van der Waals surface area contributed by atoms with Gasteiger partial charge in [0.2, 0.25) is 0 Å². The molecule has 1 atom stereocenters. The van der Waals surface area contributed by atoms with Gasteiger partial charge in [-0.25, -0.2) is 4.79 Å². The van der Waals surface area contributed by atoms with Gasteiger partial charge in [0.25, 0.3) is 5.91 Å². The molecular weight excluding hydrogens is 366 g/mol. The Hall–Kier alpha value is -3.60. The van der Waals surface area contributed by atoms with Crippen LogP contribution in [0.1, 0.15) is 37.9 Å². The number of ether oxygens (including phenoxy) is 2. The molecule has 1 aliphatic rings. The van der Waals surface area contributed by atoms with E-state index in [1.54, 1.807) is 29.2 Å². The zero-order valence-corrected chi connectivity index (χ0v) is 16.1. The van der Waals surface area contributed by atoms with Crippen molar-refractivity contribution in [3.8, 4) is 5.75 Å². The molecule has 0 aliphatic carbocycles. The van der Waals surface area contributed by atoms with E-state index < -0.39 is 5.97 Å². The molecule has 0 saturated carbocycles. The van der Waals surface area contributed by atoms with Gasteiger partial charge in [0, 0.05) is 17.7 Å². The highest BCUT2D eigenvalue weighted by Crippen LogP contribution is 2.31. The SMILES string of the molecule is COC(=O)c1cccc(C(=O)N2Cc3ccccc3O[C@@H](c3ccccc3)C2)c1. The Morgan fingerprint density at radius 1 is 0.931 bits per heavy atom. The Morgan fingerprint density at radius 3 is 2.45 bits per heavy atom. The minimum atomic E-state index is -0.466. The second-order valence-corrected chi connectivity index (χ2v) is 6.88. The molecule has 0 saturated heterocycles. The summed E-state index contributed by atoms with van der Waals surface area (Å²) in [6.45, 7) is 0.834. The summed E-state index contributed by atoms with van der Waals surface area (Å²) in [5.74, 6) is 0.156. The van der Waals surface area contributed by atoms with E-state index in [0.29, 0.717) is 24.2 Å². The van der Waals surface area contributed by atoms with Crippen LogP contribution in [0.3, 0.4) is 0 Å². The third kappa shape index (κ3) is 3.99. The lowest BCUT2D eigenvalue weighted by Crippen LogP contribution is -2.34. The number of carbonyl (C=O) groups excluding carboxylic acids is 2. The average Bonchev–Trinajstić information content (AvgIpc) is 2.98. The van der Waals surface area contributed by atoms with Crippen LogP contribution in [-0.2, 0) is 11.3 Å². The van der Waals surface area contributed by atoms with E-state index in [1.165, 1.54) is 7.11 Å². The fraction of sp³-hybridized carbons (Fsp3) is 0.167. The lowest BCUT2D eigenvalue weighted by Gasteiger charge is -2.24. The van der Waals surface area contributed by atoms with Gasteiger partial charge in [-0.2, -0.15) is 0 Å². The number of para-hydroxylation sites is 1. The number of hydrogen-bond donors (Lipinski definition) is 0. The maximum Gasteiger partial charge on any atom is 0.337 e. The number of fused-ring (bicyclic) bond motifs is 1. The van der Waals surface area contributed by atoms with Crippen molar-refractivity contribution in [3.05, 3.63) is 101 Å². The Bertz CT molecular complexity index is 1030. The number of hydrogen-bond acceptors (Lipinski definition) is 4. The van der Waals surface area contributed by atoms with E-state index >= 15 is 0 Å². The Balaban J connectivity index is 1.69. The minimum Gasteiger partial charge on any atom is -0.484 e. The van der Waals surface area contributed by atoms with E-state index in [2.05, 4.69) is 0 Å². The number of methoxy groups -OCH3 is 1. The van der Waals surface area contributed by atoms with Crippen molar-refractivity contribution >= 4 is 11.9 Å². The largest absolute Gasteiger partial charge is 0.484 e. The van der Waals surface area contributed by atoms with Crippen molar-refractivity contribution in [3.63, 3.8) is 0 Å². The Morgan fingerprint density at radius 2 is 1.66 bits per heavy atom. The maximum absolute atomic E-state index is 13.3. The number of carbonyl (C=O) groups is 2. The first-order valence-electron chi connectivity index (χ1n) is 9.43. The molecule has 1 aliphatic heterocycles. The lowest BCUT2D eigenvalue weighted by atomic mass is 10.1. The summed E-state index contributed by atoms with van der Waals surface area (Å²) in [6, 6.07) is 24.2. The fourth-order valence-corrected chi connectivity index (χ4v) is 3.49. The molecule has 146 valence electrons. The molecule has 0 radical (unpaired) electrons. The first kappa shape index (κ1) is 18.7. The van der Waals surface area contributed by atoms with Crippen molar-refractivity contribution in [1.82, 2.24) is 4.90 Å². The second-order valence-electron chi connectivity index (χ2n) is 6.88.